The highest BCUT2D eigenvalue weighted by Crippen LogP contribution is 2.27. The van der Waals surface area contributed by atoms with Crippen LogP contribution in [0.1, 0.15) is 18.5 Å². The molecule has 1 atom stereocenters. The van der Waals surface area contributed by atoms with Gasteiger partial charge in [-0.25, -0.2) is 8.42 Å². The summed E-state index contributed by atoms with van der Waals surface area (Å²) in [6, 6.07) is 5.41. The van der Waals surface area contributed by atoms with E-state index in [1.54, 1.807) is 28.0 Å². The van der Waals surface area contributed by atoms with Gasteiger partial charge in [-0.2, -0.15) is 9.40 Å². The van der Waals surface area contributed by atoms with Crippen LogP contribution in [0.3, 0.4) is 0 Å². The number of piperidine rings is 1. The summed E-state index contributed by atoms with van der Waals surface area (Å²) in [4.78, 5) is 0. The van der Waals surface area contributed by atoms with Crippen LogP contribution in [-0.2, 0) is 16.4 Å². The summed E-state index contributed by atoms with van der Waals surface area (Å²) in [6.07, 6.45) is 4.58. The molecule has 1 saturated heterocycles. The van der Waals surface area contributed by atoms with Gasteiger partial charge >= 0.3 is 0 Å². The Labute approximate surface area is 122 Å². The number of H-pyrrole nitrogens is 1. The van der Waals surface area contributed by atoms with Gasteiger partial charge in [0.1, 0.15) is 4.21 Å². The van der Waals surface area contributed by atoms with Gasteiger partial charge in [-0.1, -0.05) is 6.07 Å². The molecule has 7 heteroatoms. The van der Waals surface area contributed by atoms with E-state index < -0.39 is 10.0 Å². The van der Waals surface area contributed by atoms with Crippen LogP contribution in [0.5, 0.6) is 0 Å². The molecule has 0 aliphatic carbocycles. The molecule has 1 N–H and O–H groups in total. The van der Waals surface area contributed by atoms with Gasteiger partial charge in [0.25, 0.3) is 10.0 Å². The standard InChI is InChI=1S/C13H17N3O2S2/c17-20(18,13-4-2-8-19-13)16-7-1-3-11(10-16)9-12-5-6-14-15-12/h2,4-6,8,11H,1,3,7,9-10H2,(H,14,15)/t11-/m1/s1. The van der Waals surface area contributed by atoms with Gasteiger partial charge in [-0.15, -0.1) is 11.3 Å². The maximum atomic E-state index is 12.5. The van der Waals surface area contributed by atoms with Crippen molar-refractivity contribution in [3.8, 4) is 0 Å². The van der Waals surface area contributed by atoms with Gasteiger partial charge in [0, 0.05) is 25.0 Å². The van der Waals surface area contributed by atoms with Gasteiger partial charge in [0.2, 0.25) is 0 Å². The van der Waals surface area contributed by atoms with Crippen LogP contribution in [0, 0.1) is 5.92 Å². The summed E-state index contributed by atoms with van der Waals surface area (Å²) >= 11 is 1.28. The lowest BCUT2D eigenvalue weighted by molar-refractivity contribution is 0.264. The zero-order valence-corrected chi connectivity index (χ0v) is 12.7. The van der Waals surface area contributed by atoms with Crippen molar-refractivity contribution in [3.05, 3.63) is 35.5 Å². The number of nitrogens with one attached hydrogen (secondary N) is 1. The first-order valence-electron chi connectivity index (χ1n) is 6.68. The second-order valence-electron chi connectivity index (χ2n) is 5.09. The maximum absolute atomic E-state index is 12.5. The molecule has 0 unspecified atom stereocenters. The van der Waals surface area contributed by atoms with E-state index in [0.717, 1.165) is 25.0 Å². The highest BCUT2D eigenvalue weighted by Gasteiger charge is 2.30. The summed E-state index contributed by atoms with van der Waals surface area (Å²) in [5.74, 6) is 0.360. The zero-order chi connectivity index (χ0) is 14.0. The highest BCUT2D eigenvalue weighted by molar-refractivity contribution is 7.91. The minimum atomic E-state index is -3.30. The second-order valence-corrected chi connectivity index (χ2v) is 8.20. The van der Waals surface area contributed by atoms with Crippen LogP contribution in [0.4, 0.5) is 0 Å². The van der Waals surface area contributed by atoms with E-state index in [1.165, 1.54) is 11.3 Å². The first-order valence-corrected chi connectivity index (χ1v) is 9.00. The molecular formula is C13H17N3O2S2. The monoisotopic (exact) mass is 311 g/mol. The number of thiophene rings is 1. The molecule has 0 aromatic carbocycles. The number of rotatable bonds is 4. The molecule has 1 fully saturated rings. The average molecular weight is 311 g/mol. The van der Waals surface area contributed by atoms with Crippen molar-refractivity contribution in [3.63, 3.8) is 0 Å². The average Bonchev–Trinajstić information content (AvgIpc) is 3.12. The summed E-state index contributed by atoms with van der Waals surface area (Å²) in [5, 5.41) is 8.70. The summed E-state index contributed by atoms with van der Waals surface area (Å²) in [7, 11) is -3.30. The van der Waals surface area contributed by atoms with Gasteiger partial charge in [0.15, 0.2) is 0 Å². The smallest absolute Gasteiger partial charge is 0.252 e. The van der Waals surface area contributed by atoms with E-state index in [9.17, 15) is 8.42 Å². The molecule has 0 amide bonds. The predicted molar refractivity (Wildman–Crippen MR) is 78.1 cm³/mol. The second kappa shape index (κ2) is 5.67. The Hall–Kier alpha value is -1.18. The zero-order valence-electron chi connectivity index (χ0n) is 11.0. The Balaban J connectivity index is 1.72. The van der Waals surface area contributed by atoms with Crippen LogP contribution in [0.25, 0.3) is 0 Å². The van der Waals surface area contributed by atoms with Crippen LogP contribution in [-0.4, -0.2) is 36.0 Å². The van der Waals surface area contributed by atoms with E-state index in [1.807, 2.05) is 6.07 Å². The number of aromatic nitrogens is 2. The molecule has 0 radical (unpaired) electrons. The van der Waals surface area contributed by atoms with E-state index in [2.05, 4.69) is 10.2 Å². The van der Waals surface area contributed by atoms with Crippen molar-refractivity contribution in [2.75, 3.05) is 13.1 Å². The molecule has 5 nitrogen and oxygen atoms in total. The Morgan fingerprint density at radius 3 is 3.05 bits per heavy atom. The van der Waals surface area contributed by atoms with Crippen molar-refractivity contribution in [2.24, 2.45) is 5.92 Å². The molecule has 0 spiro atoms. The van der Waals surface area contributed by atoms with Crippen LogP contribution in [0.15, 0.2) is 34.0 Å². The number of nitrogens with zero attached hydrogens (tertiary/aromatic N) is 2. The first-order chi connectivity index (χ1) is 9.66. The Morgan fingerprint density at radius 1 is 1.45 bits per heavy atom. The van der Waals surface area contributed by atoms with Crippen LogP contribution >= 0.6 is 11.3 Å². The molecule has 1 aliphatic heterocycles. The quantitative estimate of drug-likeness (QED) is 0.940. The van der Waals surface area contributed by atoms with E-state index in [-0.39, 0.29) is 0 Å². The fraction of sp³-hybridized carbons (Fsp3) is 0.462. The fourth-order valence-corrected chi connectivity index (χ4v) is 5.36. The predicted octanol–water partition coefficient (Wildman–Crippen LogP) is 2.11. The van der Waals surface area contributed by atoms with Gasteiger partial charge in [-0.3, -0.25) is 5.10 Å². The molecule has 3 rings (SSSR count). The Kier molecular flexibility index (Phi) is 3.91. The van der Waals surface area contributed by atoms with Crippen molar-refractivity contribution < 1.29 is 8.42 Å². The number of hydrogen-bond donors (Lipinski definition) is 1. The number of hydrogen-bond acceptors (Lipinski definition) is 4. The molecule has 2 aromatic heterocycles. The SMILES string of the molecule is O=S(=O)(c1cccs1)N1CCC[C@H](Cc2ccn[nH]2)C1. The van der Waals surface area contributed by atoms with Crippen molar-refractivity contribution >= 4 is 21.4 Å². The number of sulfonamides is 1. The third kappa shape index (κ3) is 2.79. The molecular weight excluding hydrogens is 294 g/mol. The molecule has 3 heterocycles. The number of aromatic amines is 1. The summed E-state index contributed by atoms with van der Waals surface area (Å²) in [6.45, 7) is 1.22. The lowest BCUT2D eigenvalue weighted by Gasteiger charge is -2.31. The minimum absolute atomic E-state index is 0.360. The maximum Gasteiger partial charge on any atom is 0.252 e. The third-order valence-electron chi connectivity index (χ3n) is 3.64. The van der Waals surface area contributed by atoms with Crippen molar-refractivity contribution in [1.82, 2.24) is 14.5 Å². The molecule has 0 bridgehead atoms. The topological polar surface area (TPSA) is 66.1 Å². The lowest BCUT2D eigenvalue weighted by atomic mass is 9.95. The van der Waals surface area contributed by atoms with E-state index in [0.29, 0.717) is 23.2 Å². The molecule has 0 saturated carbocycles. The van der Waals surface area contributed by atoms with Crippen LogP contribution in [0.2, 0.25) is 0 Å². The van der Waals surface area contributed by atoms with Gasteiger partial charge in [0.05, 0.1) is 0 Å². The molecule has 1 aliphatic rings. The van der Waals surface area contributed by atoms with Crippen molar-refractivity contribution in [2.45, 2.75) is 23.5 Å². The molecule has 2 aromatic rings. The highest BCUT2D eigenvalue weighted by atomic mass is 32.2. The molecule has 20 heavy (non-hydrogen) atoms. The lowest BCUT2D eigenvalue weighted by Crippen LogP contribution is -2.40. The third-order valence-corrected chi connectivity index (χ3v) is 6.88. The van der Waals surface area contributed by atoms with E-state index >= 15 is 0 Å². The van der Waals surface area contributed by atoms with Gasteiger partial charge in [-0.05, 0) is 42.7 Å². The van der Waals surface area contributed by atoms with Gasteiger partial charge < -0.3 is 0 Å². The summed E-state index contributed by atoms with van der Waals surface area (Å²) < 4.78 is 27.1. The first kappa shape index (κ1) is 13.8. The Morgan fingerprint density at radius 2 is 2.35 bits per heavy atom. The largest absolute Gasteiger partial charge is 0.283 e. The van der Waals surface area contributed by atoms with E-state index in [4.69, 9.17) is 0 Å². The summed E-state index contributed by atoms with van der Waals surface area (Å²) in [5.41, 5.74) is 1.07. The molecule has 108 valence electrons. The Bertz CT molecular complexity index is 635. The van der Waals surface area contributed by atoms with Crippen LogP contribution < -0.4 is 0 Å². The normalized spacial score (nSPS) is 21.1. The van der Waals surface area contributed by atoms with Crippen molar-refractivity contribution in [1.29, 1.82) is 0 Å². The fourth-order valence-electron chi connectivity index (χ4n) is 2.66. The minimum Gasteiger partial charge on any atom is -0.283 e.